The predicted octanol–water partition coefficient (Wildman–Crippen LogP) is 2.82. The SMILES string of the molecule is CCNCc1cc(N(CC2CC2)C(C)C)ccn1. The van der Waals surface area contributed by atoms with Gasteiger partial charge in [0.2, 0.25) is 0 Å². The van der Waals surface area contributed by atoms with Gasteiger partial charge in [-0.3, -0.25) is 4.98 Å². The zero-order valence-electron chi connectivity index (χ0n) is 11.8. The minimum Gasteiger partial charge on any atom is -0.369 e. The maximum absolute atomic E-state index is 4.42. The fourth-order valence-corrected chi connectivity index (χ4v) is 2.19. The standard InChI is InChI=1S/C15H25N3/c1-4-16-10-14-9-15(7-8-17-14)18(12(2)3)11-13-5-6-13/h7-9,12-13,16H,4-6,10-11H2,1-3H3. The molecule has 0 aromatic carbocycles. The molecule has 0 spiro atoms. The average molecular weight is 247 g/mol. The highest BCUT2D eigenvalue weighted by Gasteiger charge is 2.25. The molecule has 1 aliphatic carbocycles. The highest BCUT2D eigenvalue weighted by Crippen LogP contribution is 2.32. The van der Waals surface area contributed by atoms with Crippen LogP contribution in [0.25, 0.3) is 0 Å². The van der Waals surface area contributed by atoms with E-state index < -0.39 is 0 Å². The molecule has 0 bridgehead atoms. The first-order chi connectivity index (χ1) is 8.70. The van der Waals surface area contributed by atoms with Crippen molar-refractivity contribution in [3.8, 4) is 0 Å². The molecule has 3 heteroatoms. The van der Waals surface area contributed by atoms with Crippen molar-refractivity contribution >= 4 is 5.69 Å². The monoisotopic (exact) mass is 247 g/mol. The largest absolute Gasteiger partial charge is 0.369 e. The van der Waals surface area contributed by atoms with Crippen LogP contribution < -0.4 is 10.2 Å². The van der Waals surface area contributed by atoms with E-state index in [9.17, 15) is 0 Å². The Balaban J connectivity index is 2.07. The van der Waals surface area contributed by atoms with Crippen molar-refractivity contribution in [2.45, 2.75) is 46.2 Å². The molecule has 3 nitrogen and oxygen atoms in total. The Morgan fingerprint density at radius 1 is 1.44 bits per heavy atom. The summed E-state index contributed by atoms with van der Waals surface area (Å²) in [5.74, 6) is 0.915. The minimum atomic E-state index is 0.556. The summed E-state index contributed by atoms with van der Waals surface area (Å²) in [5, 5.41) is 3.33. The van der Waals surface area contributed by atoms with Crippen molar-refractivity contribution in [1.82, 2.24) is 10.3 Å². The number of rotatable bonds is 7. The number of hydrogen-bond donors (Lipinski definition) is 1. The lowest BCUT2D eigenvalue weighted by Gasteiger charge is -2.29. The summed E-state index contributed by atoms with van der Waals surface area (Å²) in [6.45, 7) is 9.71. The van der Waals surface area contributed by atoms with E-state index in [0.29, 0.717) is 6.04 Å². The summed E-state index contributed by atoms with van der Waals surface area (Å²) in [5.41, 5.74) is 2.45. The molecule has 1 saturated carbocycles. The maximum Gasteiger partial charge on any atom is 0.0562 e. The lowest BCUT2D eigenvalue weighted by Crippen LogP contribution is -2.32. The molecule has 1 fully saturated rings. The predicted molar refractivity (Wildman–Crippen MR) is 76.8 cm³/mol. The third-order valence-electron chi connectivity index (χ3n) is 3.46. The van der Waals surface area contributed by atoms with Gasteiger partial charge in [0.05, 0.1) is 5.69 Å². The first-order valence-electron chi connectivity index (χ1n) is 7.13. The van der Waals surface area contributed by atoms with Gasteiger partial charge in [0.25, 0.3) is 0 Å². The van der Waals surface area contributed by atoms with Gasteiger partial charge in [-0.25, -0.2) is 0 Å². The number of nitrogens with zero attached hydrogens (tertiary/aromatic N) is 2. The summed E-state index contributed by atoms with van der Waals surface area (Å²) in [6, 6.07) is 4.92. The molecule has 1 aromatic rings. The Hall–Kier alpha value is -1.09. The van der Waals surface area contributed by atoms with Crippen LogP contribution in [0.1, 0.15) is 39.3 Å². The Morgan fingerprint density at radius 3 is 2.83 bits per heavy atom. The van der Waals surface area contributed by atoms with Gasteiger partial charge in [0.1, 0.15) is 0 Å². The smallest absolute Gasteiger partial charge is 0.0562 e. The summed E-state index contributed by atoms with van der Waals surface area (Å²) in [4.78, 5) is 6.93. The number of pyridine rings is 1. The van der Waals surface area contributed by atoms with Gasteiger partial charge in [0, 0.05) is 31.0 Å². The van der Waals surface area contributed by atoms with Gasteiger partial charge in [-0.05, 0) is 51.3 Å². The van der Waals surface area contributed by atoms with E-state index in [2.05, 4.69) is 48.1 Å². The van der Waals surface area contributed by atoms with Crippen LogP contribution in [-0.4, -0.2) is 24.1 Å². The summed E-state index contributed by atoms with van der Waals surface area (Å²) in [7, 11) is 0. The molecular weight excluding hydrogens is 222 g/mol. The second-order valence-corrected chi connectivity index (χ2v) is 5.48. The normalized spacial score (nSPS) is 15.1. The fraction of sp³-hybridized carbons (Fsp3) is 0.667. The quantitative estimate of drug-likeness (QED) is 0.803. The van der Waals surface area contributed by atoms with Crippen LogP contribution in [0.4, 0.5) is 5.69 Å². The number of hydrogen-bond acceptors (Lipinski definition) is 3. The van der Waals surface area contributed by atoms with E-state index in [1.54, 1.807) is 0 Å². The number of aromatic nitrogens is 1. The molecule has 0 radical (unpaired) electrons. The molecule has 18 heavy (non-hydrogen) atoms. The molecule has 0 saturated heterocycles. The third-order valence-corrected chi connectivity index (χ3v) is 3.46. The Bertz CT molecular complexity index is 372. The zero-order valence-corrected chi connectivity index (χ0v) is 11.8. The van der Waals surface area contributed by atoms with Crippen LogP contribution in [0.2, 0.25) is 0 Å². The lowest BCUT2D eigenvalue weighted by atomic mass is 10.2. The molecule has 0 atom stereocenters. The topological polar surface area (TPSA) is 28.2 Å². The molecule has 100 valence electrons. The highest BCUT2D eigenvalue weighted by atomic mass is 15.2. The van der Waals surface area contributed by atoms with E-state index in [4.69, 9.17) is 0 Å². The first kappa shape index (κ1) is 13.3. The summed E-state index contributed by atoms with van der Waals surface area (Å²) < 4.78 is 0. The van der Waals surface area contributed by atoms with E-state index in [1.807, 2.05) is 6.20 Å². The number of nitrogens with one attached hydrogen (secondary N) is 1. The van der Waals surface area contributed by atoms with Gasteiger partial charge in [-0.15, -0.1) is 0 Å². The second kappa shape index (κ2) is 6.19. The van der Waals surface area contributed by atoms with Gasteiger partial charge >= 0.3 is 0 Å². The summed E-state index contributed by atoms with van der Waals surface area (Å²) in [6.07, 6.45) is 4.74. The van der Waals surface area contributed by atoms with E-state index in [-0.39, 0.29) is 0 Å². The van der Waals surface area contributed by atoms with E-state index in [1.165, 1.54) is 25.1 Å². The van der Waals surface area contributed by atoms with Crippen LogP contribution in [0.5, 0.6) is 0 Å². The zero-order chi connectivity index (χ0) is 13.0. The van der Waals surface area contributed by atoms with Gasteiger partial charge in [0.15, 0.2) is 0 Å². The van der Waals surface area contributed by atoms with Gasteiger partial charge in [-0.1, -0.05) is 6.92 Å². The molecule has 0 aliphatic heterocycles. The summed E-state index contributed by atoms with van der Waals surface area (Å²) >= 11 is 0. The number of anilines is 1. The Labute approximate surface area is 111 Å². The molecule has 0 unspecified atom stereocenters. The average Bonchev–Trinajstić information content (AvgIpc) is 3.17. The molecule has 0 amide bonds. The van der Waals surface area contributed by atoms with E-state index >= 15 is 0 Å². The van der Waals surface area contributed by atoms with E-state index in [0.717, 1.165) is 24.7 Å². The first-order valence-corrected chi connectivity index (χ1v) is 7.13. The third kappa shape index (κ3) is 3.70. The van der Waals surface area contributed by atoms with Crippen LogP contribution >= 0.6 is 0 Å². The highest BCUT2D eigenvalue weighted by molar-refractivity contribution is 5.47. The van der Waals surface area contributed by atoms with Gasteiger partial charge < -0.3 is 10.2 Å². The maximum atomic E-state index is 4.42. The van der Waals surface area contributed by atoms with Crippen molar-refractivity contribution in [2.24, 2.45) is 5.92 Å². The van der Waals surface area contributed by atoms with Crippen molar-refractivity contribution in [3.05, 3.63) is 24.0 Å². The van der Waals surface area contributed by atoms with Gasteiger partial charge in [-0.2, -0.15) is 0 Å². The molecule has 1 heterocycles. The Kier molecular flexibility index (Phi) is 4.59. The van der Waals surface area contributed by atoms with Crippen molar-refractivity contribution in [2.75, 3.05) is 18.0 Å². The molecule has 1 N–H and O–H groups in total. The molecule has 2 rings (SSSR count). The lowest BCUT2D eigenvalue weighted by molar-refractivity contribution is 0.642. The van der Waals surface area contributed by atoms with Crippen molar-refractivity contribution < 1.29 is 0 Å². The molecular formula is C15H25N3. The van der Waals surface area contributed by atoms with Crippen LogP contribution in [-0.2, 0) is 6.54 Å². The van der Waals surface area contributed by atoms with Crippen LogP contribution in [0.3, 0.4) is 0 Å². The second-order valence-electron chi connectivity index (χ2n) is 5.48. The minimum absolute atomic E-state index is 0.556. The van der Waals surface area contributed by atoms with Crippen LogP contribution in [0.15, 0.2) is 18.3 Å². The van der Waals surface area contributed by atoms with Crippen LogP contribution in [0, 0.1) is 5.92 Å². The fourth-order valence-electron chi connectivity index (χ4n) is 2.19. The molecule has 1 aliphatic rings. The van der Waals surface area contributed by atoms with Crippen molar-refractivity contribution in [1.29, 1.82) is 0 Å². The molecule has 1 aromatic heterocycles. The van der Waals surface area contributed by atoms with Crippen molar-refractivity contribution in [3.63, 3.8) is 0 Å². The Morgan fingerprint density at radius 2 is 2.22 bits per heavy atom.